The standard InChI is InChI=1S/C30H15F5N2O/c1-16-11-23-20(12-19(16)17-7-3-5-9-25(17)31)21-13-22(18-8-4-6-10-26(18)32)28(38-30(33,34)35)14-24(21)29(23)27(15-36)37-2/h3-14H,1H3/b29-27+. The second-order valence-corrected chi connectivity index (χ2v) is 8.56. The Bertz CT molecular complexity index is 1720. The maximum Gasteiger partial charge on any atom is 0.573 e. The average molecular weight is 514 g/mol. The van der Waals surface area contributed by atoms with Gasteiger partial charge in [-0.05, 0) is 70.6 Å². The molecule has 0 spiro atoms. The summed E-state index contributed by atoms with van der Waals surface area (Å²) in [6, 6.07) is 19.0. The number of aryl methyl sites for hydroxylation is 1. The summed E-state index contributed by atoms with van der Waals surface area (Å²) in [4.78, 5) is 3.30. The molecule has 0 radical (unpaired) electrons. The van der Waals surface area contributed by atoms with Crippen molar-refractivity contribution in [2.75, 3.05) is 0 Å². The highest BCUT2D eigenvalue weighted by atomic mass is 19.4. The first-order valence-corrected chi connectivity index (χ1v) is 11.2. The van der Waals surface area contributed by atoms with E-state index in [0.29, 0.717) is 33.4 Å². The van der Waals surface area contributed by atoms with Gasteiger partial charge in [0.15, 0.2) is 0 Å². The lowest BCUT2D eigenvalue weighted by Crippen LogP contribution is -2.18. The van der Waals surface area contributed by atoms with E-state index in [2.05, 4.69) is 9.58 Å². The number of alkyl halides is 3. The highest BCUT2D eigenvalue weighted by Gasteiger charge is 2.35. The number of hydrogen-bond donors (Lipinski definition) is 0. The van der Waals surface area contributed by atoms with Gasteiger partial charge in [0.2, 0.25) is 0 Å². The first kappa shape index (κ1) is 24.7. The second-order valence-electron chi connectivity index (χ2n) is 8.56. The summed E-state index contributed by atoms with van der Waals surface area (Å²) in [5.41, 5.74) is 2.36. The Labute approximate surface area is 214 Å². The SMILES string of the molecule is [C-]#[N+]/C(C#N)=C1\c2cc(C)c(-c3ccccc3F)cc2-c2cc(-c3ccccc3F)c(OC(F)(F)F)cc21. The molecular weight excluding hydrogens is 499 g/mol. The summed E-state index contributed by atoms with van der Waals surface area (Å²) in [6.07, 6.45) is -5.09. The number of rotatable bonds is 3. The Morgan fingerprint density at radius 2 is 1.29 bits per heavy atom. The molecule has 1 aliphatic rings. The minimum Gasteiger partial charge on any atom is -0.405 e. The zero-order chi connectivity index (χ0) is 27.2. The van der Waals surface area contributed by atoms with Crippen molar-refractivity contribution >= 4 is 5.57 Å². The van der Waals surface area contributed by atoms with Crippen molar-refractivity contribution in [2.24, 2.45) is 0 Å². The molecule has 1 aliphatic carbocycles. The lowest BCUT2D eigenvalue weighted by atomic mass is 9.92. The van der Waals surface area contributed by atoms with Gasteiger partial charge in [0.05, 0.1) is 12.6 Å². The number of nitriles is 1. The van der Waals surface area contributed by atoms with E-state index in [9.17, 15) is 27.2 Å². The van der Waals surface area contributed by atoms with E-state index in [1.54, 1.807) is 37.3 Å². The monoisotopic (exact) mass is 514 g/mol. The molecule has 5 rings (SSSR count). The lowest BCUT2D eigenvalue weighted by Gasteiger charge is -2.16. The van der Waals surface area contributed by atoms with Gasteiger partial charge in [0.1, 0.15) is 17.4 Å². The third-order valence-corrected chi connectivity index (χ3v) is 6.32. The maximum absolute atomic E-state index is 14.8. The van der Waals surface area contributed by atoms with Crippen molar-refractivity contribution in [1.82, 2.24) is 0 Å². The maximum atomic E-state index is 14.8. The van der Waals surface area contributed by atoms with Crippen LogP contribution in [0.1, 0.15) is 16.7 Å². The van der Waals surface area contributed by atoms with E-state index in [-0.39, 0.29) is 28.0 Å². The van der Waals surface area contributed by atoms with E-state index in [1.807, 2.05) is 6.07 Å². The Balaban J connectivity index is 1.88. The van der Waals surface area contributed by atoms with Crippen molar-refractivity contribution in [3.8, 4) is 45.2 Å². The van der Waals surface area contributed by atoms with Crippen molar-refractivity contribution in [2.45, 2.75) is 13.3 Å². The van der Waals surface area contributed by atoms with Crippen LogP contribution in [0.4, 0.5) is 22.0 Å². The van der Waals surface area contributed by atoms with Crippen molar-refractivity contribution in [3.05, 3.63) is 118 Å². The van der Waals surface area contributed by atoms with Crippen LogP contribution in [0.3, 0.4) is 0 Å². The molecule has 0 unspecified atom stereocenters. The topological polar surface area (TPSA) is 37.4 Å². The zero-order valence-corrected chi connectivity index (χ0v) is 19.6. The van der Waals surface area contributed by atoms with Crippen molar-refractivity contribution in [1.29, 1.82) is 5.26 Å². The number of fused-ring (bicyclic) bond motifs is 3. The molecule has 0 fully saturated rings. The van der Waals surface area contributed by atoms with E-state index in [4.69, 9.17) is 6.57 Å². The Morgan fingerprint density at radius 3 is 1.82 bits per heavy atom. The van der Waals surface area contributed by atoms with Crippen LogP contribution in [-0.2, 0) is 0 Å². The zero-order valence-electron chi connectivity index (χ0n) is 19.6. The summed E-state index contributed by atoms with van der Waals surface area (Å²) in [7, 11) is 0. The summed E-state index contributed by atoms with van der Waals surface area (Å²) < 4.78 is 74.0. The van der Waals surface area contributed by atoms with Gasteiger partial charge in [-0.3, -0.25) is 0 Å². The van der Waals surface area contributed by atoms with E-state index in [0.717, 1.165) is 12.1 Å². The Morgan fingerprint density at radius 1 is 0.763 bits per heavy atom. The fourth-order valence-electron chi connectivity index (χ4n) is 4.75. The highest BCUT2D eigenvalue weighted by molar-refractivity contribution is 6.06. The largest absolute Gasteiger partial charge is 0.573 e. The molecule has 0 bridgehead atoms. The van der Waals surface area contributed by atoms with Gasteiger partial charge in [0, 0.05) is 22.3 Å². The first-order chi connectivity index (χ1) is 18.1. The van der Waals surface area contributed by atoms with Crippen molar-refractivity contribution in [3.63, 3.8) is 0 Å². The second kappa shape index (κ2) is 9.17. The molecule has 0 saturated carbocycles. The lowest BCUT2D eigenvalue weighted by molar-refractivity contribution is -0.274. The molecule has 0 aromatic heterocycles. The van der Waals surface area contributed by atoms with Gasteiger partial charge in [0.25, 0.3) is 5.70 Å². The first-order valence-electron chi connectivity index (χ1n) is 11.2. The van der Waals surface area contributed by atoms with Gasteiger partial charge >= 0.3 is 6.36 Å². The number of halogens is 5. The smallest absolute Gasteiger partial charge is 0.405 e. The van der Waals surface area contributed by atoms with E-state index >= 15 is 0 Å². The fraction of sp³-hybridized carbons (Fsp3) is 0.0667. The summed E-state index contributed by atoms with van der Waals surface area (Å²) in [6.45, 7) is 9.23. The van der Waals surface area contributed by atoms with Crippen molar-refractivity contribution < 1.29 is 26.7 Å². The number of ether oxygens (including phenoxy) is 1. The fourth-order valence-corrected chi connectivity index (χ4v) is 4.75. The minimum absolute atomic E-state index is 0.124. The van der Waals surface area contributed by atoms with Gasteiger partial charge in [-0.25, -0.2) is 18.9 Å². The molecule has 4 aromatic rings. The predicted octanol–water partition coefficient (Wildman–Crippen LogP) is 8.69. The third-order valence-electron chi connectivity index (χ3n) is 6.32. The molecule has 0 aliphatic heterocycles. The van der Waals surface area contributed by atoms with Gasteiger partial charge < -0.3 is 4.74 Å². The number of allylic oxidation sites excluding steroid dienone is 1. The molecule has 0 N–H and O–H groups in total. The van der Waals surface area contributed by atoms with Crippen LogP contribution >= 0.6 is 0 Å². The predicted molar refractivity (Wildman–Crippen MR) is 132 cm³/mol. The molecule has 0 heterocycles. The number of nitrogens with zero attached hydrogens (tertiary/aromatic N) is 2. The van der Waals surface area contributed by atoms with Gasteiger partial charge in [-0.2, -0.15) is 0 Å². The summed E-state index contributed by atoms with van der Waals surface area (Å²) >= 11 is 0. The molecule has 0 amide bonds. The number of benzene rings is 4. The molecule has 3 nitrogen and oxygen atoms in total. The van der Waals surface area contributed by atoms with Gasteiger partial charge in [-0.15, -0.1) is 13.2 Å². The van der Waals surface area contributed by atoms with Crippen LogP contribution in [0, 0.1) is 36.5 Å². The van der Waals surface area contributed by atoms with Crippen LogP contribution in [0.5, 0.6) is 5.75 Å². The Hall–Kier alpha value is -4.95. The van der Waals surface area contributed by atoms with Gasteiger partial charge in [-0.1, -0.05) is 42.5 Å². The van der Waals surface area contributed by atoms with E-state index < -0.39 is 23.7 Å². The molecular formula is C30H15F5N2O. The van der Waals surface area contributed by atoms with Crippen LogP contribution < -0.4 is 4.74 Å². The van der Waals surface area contributed by atoms with E-state index in [1.165, 1.54) is 30.3 Å². The average Bonchev–Trinajstić information content (AvgIpc) is 3.16. The van der Waals surface area contributed by atoms with Crippen LogP contribution in [-0.4, -0.2) is 6.36 Å². The third kappa shape index (κ3) is 4.16. The molecule has 38 heavy (non-hydrogen) atoms. The van der Waals surface area contributed by atoms with Crippen LogP contribution in [0.25, 0.3) is 43.8 Å². The molecule has 0 atom stereocenters. The van der Waals surface area contributed by atoms with Crippen LogP contribution in [0.2, 0.25) is 0 Å². The highest BCUT2D eigenvalue weighted by Crippen LogP contribution is 2.52. The quantitative estimate of drug-likeness (QED) is 0.137. The molecule has 0 saturated heterocycles. The molecule has 186 valence electrons. The Kier molecular flexibility index (Phi) is 5.97. The summed E-state index contributed by atoms with van der Waals surface area (Å²) in [5, 5.41) is 9.67. The molecule has 8 heteroatoms. The summed E-state index contributed by atoms with van der Waals surface area (Å²) in [5.74, 6) is -1.91. The minimum atomic E-state index is -5.09. The van der Waals surface area contributed by atoms with Crippen LogP contribution in [0.15, 0.2) is 78.5 Å². The number of hydrogen-bond acceptors (Lipinski definition) is 2. The molecule has 4 aromatic carbocycles. The normalized spacial score (nSPS) is 13.3.